The van der Waals surface area contributed by atoms with Crippen LogP contribution in [0.3, 0.4) is 0 Å². The molecule has 1 aliphatic heterocycles. The van der Waals surface area contributed by atoms with Crippen molar-refractivity contribution < 1.29 is 9.53 Å². The molecule has 1 aliphatic rings. The second kappa shape index (κ2) is 9.24. The van der Waals surface area contributed by atoms with E-state index in [-0.39, 0.29) is 12.5 Å². The van der Waals surface area contributed by atoms with Crippen molar-refractivity contribution in [1.82, 2.24) is 19.6 Å². The van der Waals surface area contributed by atoms with E-state index in [1.807, 2.05) is 11.8 Å². The Labute approximate surface area is 165 Å². The van der Waals surface area contributed by atoms with Gasteiger partial charge in [0.05, 0.1) is 12.2 Å². The molecule has 0 aliphatic carbocycles. The maximum atomic E-state index is 12.5. The highest BCUT2D eigenvalue weighted by atomic mass is 35.5. The van der Waals surface area contributed by atoms with Crippen LogP contribution in [0.5, 0.6) is 5.75 Å². The number of rotatable bonds is 6. The van der Waals surface area contributed by atoms with Gasteiger partial charge >= 0.3 is 0 Å². The lowest BCUT2D eigenvalue weighted by Gasteiger charge is -2.22. The summed E-state index contributed by atoms with van der Waals surface area (Å²) in [7, 11) is 0. The van der Waals surface area contributed by atoms with Crippen LogP contribution in [0.25, 0.3) is 0 Å². The van der Waals surface area contributed by atoms with Gasteiger partial charge in [-0.3, -0.25) is 14.4 Å². The molecule has 2 aromatic rings. The van der Waals surface area contributed by atoms with Crippen molar-refractivity contribution in [3.05, 3.63) is 46.7 Å². The van der Waals surface area contributed by atoms with Crippen LogP contribution in [-0.4, -0.2) is 64.8 Å². The fourth-order valence-corrected chi connectivity index (χ4v) is 3.47. The van der Waals surface area contributed by atoms with E-state index in [1.54, 1.807) is 24.3 Å². The first-order valence-corrected chi connectivity index (χ1v) is 9.78. The Morgan fingerprint density at radius 1 is 1.11 bits per heavy atom. The van der Waals surface area contributed by atoms with E-state index < -0.39 is 0 Å². The molecule has 3 rings (SSSR count). The smallest absolute Gasteiger partial charge is 0.260 e. The number of carbonyl (C=O) groups excluding carboxylic acids is 1. The number of nitrogens with zero attached hydrogens (tertiary/aromatic N) is 4. The third kappa shape index (κ3) is 5.71. The van der Waals surface area contributed by atoms with Gasteiger partial charge in [-0.25, -0.2) is 0 Å². The van der Waals surface area contributed by atoms with Crippen molar-refractivity contribution >= 4 is 17.5 Å². The molecule has 1 aromatic carbocycles. The summed E-state index contributed by atoms with van der Waals surface area (Å²) in [5, 5.41) is 5.17. The minimum absolute atomic E-state index is 0.0327. The average molecular weight is 391 g/mol. The Kier molecular flexibility index (Phi) is 6.74. The molecular formula is C20H27ClN4O2. The standard InChI is InChI=1S/C20H27ClN4O2/c1-16-14-17(2)25(22-16)13-11-23-8-3-9-24(12-10-23)20(26)15-27-19-6-4-18(21)5-7-19/h4-7,14H,3,8-13,15H2,1-2H3. The second-order valence-corrected chi connectivity index (χ2v) is 7.41. The van der Waals surface area contributed by atoms with Gasteiger partial charge in [0.2, 0.25) is 0 Å². The molecule has 1 amide bonds. The van der Waals surface area contributed by atoms with Gasteiger partial charge in [-0.05, 0) is 57.1 Å². The molecule has 27 heavy (non-hydrogen) atoms. The van der Waals surface area contributed by atoms with Crippen molar-refractivity contribution in [3.8, 4) is 5.75 Å². The number of aryl methyl sites for hydroxylation is 2. The molecule has 0 spiro atoms. The SMILES string of the molecule is Cc1cc(C)n(CCN2CCCN(C(=O)COc3ccc(Cl)cc3)CC2)n1. The highest BCUT2D eigenvalue weighted by Crippen LogP contribution is 2.15. The maximum absolute atomic E-state index is 12.5. The lowest BCUT2D eigenvalue weighted by molar-refractivity contribution is -0.133. The molecule has 146 valence electrons. The molecule has 0 atom stereocenters. The molecule has 6 nitrogen and oxygen atoms in total. The second-order valence-electron chi connectivity index (χ2n) is 6.97. The highest BCUT2D eigenvalue weighted by Gasteiger charge is 2.19. The number of halogens is 1. The van der Waals surface area contributed by atoms with E-state index in [2.05, 4.69) is 27.7 Å². The number of benzene rings is 1. The van der Waals surface area contributed by atoms with Gasteiger partial charge < -0.3 is 9.64 Å². The number of amides is 1. The molecule has 0 radical (unpaired) electrons. The summed E-state index contributed by atoms with van der Waals surface area (Å²) < 4.78 is 7.65. The number of ether oxygens (including phenoxy) is 1. The van der Waals surface area contributed by atoms with Crippen LogP contribution in [0.4, 0.5) is 0 Å². The van der Waals surface area contributed by atoms with Gasteiger partial charge in [-0.2, -0.15) is 5.10 Å². The first-order valence-electron chi connectivity index (χ1n) is 9.41. The molecule has 0 saturated carbocycles. The minimum Gasteiger partial charge on any atom is -0.484 e. The predicted octanol–water partition coefficient (Wildman–Crippen LogP) is 2.77. The number of carbonyl (C=O) groups is 1. The molecular weight excluding hydrogens is 364 g/mol. The summed E-state index contributed by atoms with van der Waals surface area (Å²) in [5.41, 5.74) is 2.25. The largest absolute Gasteiger partial charge is 0.484 e. The summed E-state index contributed by atoms with van der Waals surface area (Å²) in [5.74, 6) is 0.694. The zero-order valence-electron chi connectivity index (χ0n) is 16.0. The van der Waals surface area contributed by atoms with Gasteiger partial charge in [0.15, 0.2) is 6.61 Å². The Morgan fingerprint density at radius 2 is 1.89 bits per heavy atom. The third-order valence-electron chi connectivity index (χ3n) is 4.85. The molecule has 7 heteroatoms. The number of hydrogen-bond acceptors (Lipinski definition) is 4. The fraction of sp³-hybridized carbons (Fsp3) is 0.500. The predicted molar refractivity (Wildman–Crippen MR) is 106 cm³/mol. The quantitative estimate of drug-likeness (QED) is 0.761. The van der Waals surface area contributed by atoms with E-state index in [1.165, 1.54) is 5.69 Å². The molecule has 1 fully saturated rings. The summed E-state index contributed by atoms with van der Waals surface area (Å²) in [6.07, 6.45) is 0.976. The number of aromatic nitrogens is 2. The molecule has 1 aromatic heterocycles. The topological polar surface area (TPSA) is 50.6 Å². The Morgan fingerprint density at radius 3 is 2.59 bits per heavy atom. The van der Waals surface area contributed by atoms with Crippen LogP contribution in [0.1, 0.15) is 17.8 Å². The average Bonchev–Trinajstić information content (AvgIpc) is 2.84. The summed E-state index contributed by atoms with van der Waals surface area (Å²) in [6, 6.07) is 9.17. The molecule has 2 heterocycles. The van der Waals surface area contributed by atoms with E-state index >= 15 is 0 Å². The van der Waals surface area contributed by atoms with E-state index in [0.29, 0.717) is 10.8 Å². The van der Waals surface area contributed by atoms with Crippen LogP contribution < -0.4 is 4.74 Å². The van der Waals surface area contributed by atoms with Crippen molar-refractivity contribution in [2.75, 3.05) is 39.3 Å². The zero-order chi connectivity index (χ0) is 19.2. The van der Waals surface area contributed by atoms with Crippen LogP contribution >= 0.6 is 11.6 Å². The van der Waals surface area contributed by atoms with Crippen LogP contribution in [0.15, 0.2) is 30.3 Å². The van der Waals surface area contributed by atoms with E-state index in [9.17, 15) is 4.79 Å². The maximum Gasteiger partial charge on any atom is 0.260 e. The first kappa shape index (κ1) is 19.7. The van der Waals surface area contributed by atoms with Gasteiger partial charge in [0, 0.05) is 36.9 Å². The van der Waals surface area contributed by atoms with Crippen molar-refractivity contribution in [2.45, 2.75) is 26.8 Å². The van der Waals surface area contributed by atoms with Crippen molar-refractivity contribution in [2.24, 2.45) is 0 Å². The Hall–Kier alpha value is -2.05. The van der Waals surface area contributed by atoms with Gasteiger partial charge in [-0.15, -0.1) is 0 Å². The van der Waals surface area contributed by atoms with Crippen LogP contribution in [0.2, 0.25) is 5.02 Å². The monoisotopic (exact) mass is 390 g/mol. The normalized spacial score (nSPS) is 15.6. The fourth-order valence-electron chi connectivity index (χ4n) is 3.35. The Balaban J connectivity index is 1.43. The molecule has 1 saturated heterocycles. The zero-order valence-corrected chi connectivity index (χ0v) is 16.8. The van der Waals surface area contributed by atoms with E-state index in [0.717, 1.165) is 51.4 Å². The highest BCUT2D eigenvalue weighted by molar-refractivity contribution is 6.30. The van der Waals surface area contributed by atoms with Gasteiger partial charge in [-0.1, -0.05) is 11.6 Å². The third-order valence-corrected chi connectivity index (χ3v) is 5.10. The summed E-state index contributed by atoms with van der Waals surface area (Å²) in [4.78, 5) is 16.8. The first-order chi connectivity index (χ1) is 13.0. The van der Waals surface area contributed by atoms with Crippen LogP contribution in [-0.2, 0) is 11.3 Å². The molecule has 0 bridgehead atoms. The molecule has 0 unspecified atom stereocenters. The lowest BCUT2D eigenvalue weighted by Crippen LogP contribution is -2.38. The van der Waals surface area contributed by atoms with Crippen LogP contribution in [0, 0.1) is 13.8 Å². The Bertz CT molecular complexity index is 760. The molecule has 0 N–H and O–H groups in total. The summed E-state index contributed by atoms with van der Waals surface area (Å²) in [6.45, 7) is 9.40. The van der Waals surface area contributed by atoms with Gasteiger partial charge in [0.25, 0.3) is 5.91 Å². The van der Waals surface area contributed by atoms with Crippen molar-refractivity contribution in [1.29, 1.82) is 0 Å². The minimum atomic E-state index is 0.0327. The van der Waals surface area contributed by atoms with E-state index in [4.69, 9.17) is 16.3 Å². The van der Waals surface area contributed by atoms with Crippen molar-refractivity contribution in [3.63, 3.8) is 0 Å². The van der Waals surface area contributed by atoms with Gasteiger partial charge in [0.1, 0.15) is 5.75 Å². The summed E-state index contributed by atoms with van der Waals surface area (Å²) >= 11 is 5.86. The number of hydrogen-bond donors (Lipinski definition) is 0. The lowest BCUT2D eigenvalue weighted by atomic mass is 10.3.